The second-order valence-electron chi connectivity index (χ2n) is 6.05. The molecule has 5 nitrogen and oxygen atoms in total. The monoisotopic (exact) mass is 389 g/mol. The van der Waals surface area contributed by atoms with E-state index < -0.39 is 0 Å². The molecule has 1 heterocycles. The van der Waals surface area contributed by atoms with E-state index in [2.05, 4.69) is 16.4 Å². The molecule has 1 amide bonds. The van der Waals surface area contributed by atoms with Crippen LogP contribution in [0.25, 0.3) is 6.08 Å². The van der Waals surface area contributed by atoms with Gasteiger partial charge in [0.05, 0.1) is 22.3 Å². The van der Waals surface area contributed by atoms with Gasteiger partial charge in [0.15, 0.2) is 0 Å². The predicted molar refractivity (Wildman–Crippen MR) is 110 cm³/mol. The number of amides is 1. The van der Waals surface area contributed by atoms with E-state index in [-0.39, 0.29) is 5.91 Å². The number of benzene rings is 2. The summed E-state index contributed by atoms with van der Waals surface area (Å²) in [6.45, 7) is 2.71. The van der Waals surface area contributed by atoms with E-state index in [9.17, 15) is 4.79 Å². The molecular formula is C22H19N3O2S. The summed E-state index contributed by atoms with van der Waals surface area (Å²) in [6.07, 6.45) is 3.20. The maximum Gasteiger partial charge on any atom is 0.244 e. The lowest BCUT2D eigenvalue weighted by Gasteiger charge is -2.08. The van der Waals surface area contributed by atoms with E-state index >= 15 is 0 Å². The summed E-state index contributed by atoms with van der Waals surface area (Å²) in [5, 5.41) is 14.7. The zero-order valence-electron chi connectivity index (χ0n) is 15.4. The van der Waals surface area contributed by atoms with E-state index in [1.807, 2.05) is 42.6 Å². The van der Waals surface area contributed by atoms with Crippen LogP contribution in [0.5, 0.6) is 5.75 Å². The van der Waals surface area contributed by atoms with Gasteiger partial charge in [0.1, 0.15) is 12.4 Å². The number of aryl methyl sites for hydroxylation is 1. The first kappa shape index (κ1) is 19.3. The van der Waals surface area contributed by atoms with Gasteiger partial charge in [0.25, 0.3) is 0 Å². The van der Waals surface area contributed by atoms with Gasteiger partial charge >= 0.3 is 0 Å². The molecule has 3 aromatic rings. The molecule has 0 saturated heterocycles. The standard InChI is InChI=1S/C22H19N3O2S/c1-16-25-20(15-28-16)14-27-21-8-3-2-7-19(21)9-10-22(26)24-13-18-6-4-5-17(11-18)12-23/h2-11,15H,13-14H2,1H3,(H,24,26)/b10-9+. The topological polar surface area (TPSA) is 75.0 Å². The van der Waals surface area contributed by atoms with Crippen LogP contribution < -0.4 is 10.1 Å². The third-order valence-corrected chi connectivity index (χ3v) is 4.72. The number of nitrogens with one attached hydrogen (secondary N) is 1. The largest absolute Gasteiger partial charge is 0.487 e. The van der Waals surface area contributed by atoms with E-state index in [0.717, 1.165) is 21.8 Å². The van der Waals surface area contributed by atoms with Gasteiger partial charge in [0.2, 0.25) is 5.91 Å². The maximum absolute atomic E-state index is 12.1. The van der Waals surface area contributed by atoms with Gasteiger partial charge in [-0.3, -0.25) is 4.79 Å². The van der Waals surface area contributed by atoms with Gasteiger partial charge in [-0.25, -0.2) is 4.98 Å². The molecule has 28 heavy (non-hydrogen) atoms. The van der Waals surface area contributed by atoms with Crippen LogP contribution in [0.1, 0.15) is 27.4 Å². The first-order valence-corrected chi connectivity index (χ1v) is 9.60. The summed E-state index contributed by atoms with van der Waals surface area (Å²) >= 11 is 1.59. The number of carbonyl (C=O) groups is 1. The van der Waals surface area contributed by atoms with Crippen molar-refractivity contribution in [2.75, 3.05) is 0 Å². The lowest BCUT2D eigenvalue weighted by molar-refractivity contribution is -0.116. The number of carbonyl (C=O) groups excluding carboxylic acids is 1. The highest BCUT2D eigenvalue weighted by Gasteiger charge is 2.04. The second kappa shape index (κ2) is 9.49. The van der Waals surface area contributed by atoms with Gasteiger partial charge < -0.3 is 10.1 Å². The number of hydrogen-bond donors (Lipinski definition) is 1. The molecule has 0 bridgehead atoms. The van der Waals surface area contributed by atoms with E-state index in [1.54, 1.807) is 35.6 Å². The summed E-state index contributed by atoms with van der Waals surface area (Å²) in [4.78, 5) is 16.5. The number of ether oxygens (including phenoxy) is 1. The smallest absolute Gasteiger partial charge is 0.244 e. The zero-order valence-corrected chi connectivity index (χ0v) is 16.2. The Hall–Kier alpha value is -3.43. The van der Waals surface area contributed by atoms with Crippen LogP contribution in [0.4, 0.5) is 0 Å². The Morgan fingerprint density at radius 2 is 2.14 bits per heavy atom. The summed E-state index contributed by atoms with van der Waals surface area (Å²) in [5.74, 6) is 0.478. The molecule has 0 aliphatic rings. The third-order valence-electron chi connectivity index (χ3n) is 3.90. The van der Waals surface area contributed by atoms with Crippen molar-refractivity contribution in [3.8, 4) is 11.8 Å². The van der Waals surface area contributed by atoms with Crippen molar-refractivity contribution >= 4 is 23.3 Å². The van der Waals surface area contributed by atoms with Crippen molar-refractivity contribution in [2.24, 2.45) is 0 Å². The van der Waals surface area contributed by atoms with Crippen LogP contribution in [-0.4, -0.2) is 10.9 Å². The highest BCUT2D eigenvalue weighted by molar-refractivity contribution is 7.09. The Balaban J connectivity index is 1.58. The Kier molecular flexibility index (Phi) is 6.55. The Morgan fingerprint density at radius 1 is 1.29 bits per heavy atom. The number of para-hydroxylation sites is 1. The van der Waals surface area contributed by atoms with Crippen molar-refractivity contribution in [1.82, 2.24) is 10.3 Å². The van der Waals surface area contributed by atoms with Crippen LogP contribution >= 0.6 is 11.3 Å². The Bertz CT molecular complexity index is 1030. The Morgan fingerprint density at radius 3 is 2.93 bits per heavy atom. The fourth-order valence-corrected chi connectivity index (χ4v) is 3.14. The number of rotatable bonds is 7. The number of aromatic nitrogens is 1. The number of hydrogen-bond acceptors (Lipinski definition) is 5. The van der Waals surface area contributed by atoms with E-state index in [1.165, 1.54) is 6.08 Å². The molecule has 0 spiro atoms. The molecule has 2 aromatic carbocycles. The van der Waals surface area contributed by atoms with Gasteiger partial charge in [-0.05, 0) is 36.8 Å². The van der Waals surface area contributed by atoms with Crippen molar-refractivity contribution in [1.29, 1.82) is 5.26 Å². The quantitative estimate of drug-likeness (QED) is 0.614. The molecule has 0 saturated carbocycles. The van der Waals surface area contributed by atoms with Crippen LogP contribution in [0.15, 0.2) is 60.0 Å². The Labute approximate surface area is 167 Å². The van der Waals surface area contributed by atoms with Crippen LogP contribution in [0.3, 0.4) is 0 Å². The molecule has 0 radical (unpaired) electrons. The average Bonchev–Trinajstić information content (AvgIpc) is 3.15. The fraction of sp³-hybridized carbons (Fsp3) is 0.136. The van der Waals surface area contributed by atoms with Gasteiger partial charge in [-0.2, -0.15) is 5.26 Å². The fourth-order valence-electron chi connectivity index (χ4n) is 2.54. The summed E-state index contributed by atoms with van der Waals surface area (Å²) in [5.41, 5.74) is 3.15. The number of nitrogens with zero attached hydrogens (tertiary/aromatic N) is 2. The average molecular weight is 389 g/mol. The summed E-state index contributed by atoms with van der Waals surface area (Å²) < 4.78 is 5.85. The molecule has 140 valence electrons. The third kappa shape index (κ3) is 5.53. The molecule has 1 N–H and O–H groups in total. The molecular weight excluding hydrogens is 370 g/mol. The molecule has 6 heteroatoms. The first-order chi connectivity index (χ1) is 13.6. The minimum atomic E-state index is -0.215. The normalized spacial score (nSPS) is 10.6. The summed E-state index contributed by atoms with van der Waals surface area (Å²) in [6, 6.07) is 16.8. The SMILES string of the molecule is Cc1nc(COc2ccccc2/C=C/C(=O)NCc2cccc(C#N)c2)cs1. The molecule has 0 aliphatic carbocycles. The van der Waals surface area contributed by atoms with Crippen LogP contribution in [0.2, 0.25) is 0 Å². The minimum Gasteiger partial charge on any atom is -0.487 e. The lowest BCUT2D eigenvalue weighted by atomic mass is 10.1. The highest BCUT2D eigenvalue weighted by Crippen LogP contribution is 2.21. The van der Waals surface area contributed by atoms with E-state index in [4.69, 9.17) is 10.00 Å². The van der Waals surface area contributed by atoms with Gasteiger partial charge in [-0.15, -0.1) is 11.3 Å². The van der Waals surface area contributed by atoms with Crippen molar-refractivity contribution in [3.63, 3.8) is 0 Å². The predicted octanol–water partition coefficient (Wildman–Crippen LogP) is 4.23. The molecule has 0 unspecified atom stereocenters. The van der Waals surface area contributed by atoms with Crippen molar-refractivity contribution < 1.29 is 9.53 Å². The first-order valence-electron chi connectivity index (χ1n) is 8.72. The molecule has 0 fully saturated rings. The van der Waals surface area contributed by atoms with Gasteiger partial charge in [0, 0.05) is 23.6 Å². The minimum absolute atomic E-state index is 0.215. The molecule has 1 aromatic heterocycles. The highest BCUT2D eigenvalue weighted by atomic mass is 32.1. The number of thiazole rings is 1. The van der Waals surface area contributed by atoms with Crippen molar-refractivity contribution in [2.45, 2.75) is 20.1 Å². The molecule has 0 atom stereocenters. The van der Waals surface area contributed by atoms with E-state index in [0.29, 0.717) is 24.5 Å². The van der Waals surface area contributed by atoms with Crippen LogP contribution in [0, 0.1) is 18.3 Å². The van der Waals surface area contributed by atoms with Gasteiger partial charge in [-0.1, -0.05) is 30.3 Å². The van der Waals surface area contributed by atoms with Crippen LogP contribution in [-0.2, 0) is 17.9 Å². The number of nitriles is 1. The zero-order chi connectivity index (χ0) is 19.8. The molecule has 3 rings (SSSR count). The second-order valence-corrected chi connectivity index (χ2v) is 7.11. The summed E-state index contributed by atoms with van der Waals surface area (Å²) in [7, 11) is 0. The van der Waals surface area contributed by atoms with Crippen molar-refractivity contribution in [3.05, 3.63) is 87.4 Å². The molecule has 0 aliphatic heterocycles. The lowest BCUT2D eigenvalue weighted by Crippen LogP contribution is -2.20. The maximum atomic E-state index is 12.1.